The monoisotopic (exact) mass is 254 g/mol. The second kappa shape index (κ2) is 5.45. The Morgan fingerprint density at radius 2 is 1.83 bits per heavy atom. The van der Waals surface area contributed by atoms with E-state index in [1.54, 1.807) is 30.3 Å². The van der Waals surface area contributed by atoms with Crippen LogP contribution in [-0.2, 0) is 9.47 Å². The van der Waals surface area contributed by atoms with Gasteiger partial charge in [0.1, 0.15) is 24.9 Å². The molecule has 0 amide bonds. The van der Waals surface area contributed by atoms with Crippen molar-refractivity contribution in [1.29, 1.82) is 0 Å². The van der Waals surface area contributed by atoms with Crippen molar-refractivity contribution in [3.05, 3.63) is 35.9 Å². The van der Waals surface area contributed by atoms with Crippen molar-refractivity contribution in [3.8, 4) is 0 Å². The van der Waals surface area contributed by atoms with Gasteiger partial charge in [0, 0.05) is 0 Å². The van der Waals surface area contributed by atoms with Gasteiger partial charge in [-0.15, -0.1) is 0 Å². The predicted molar refractivity (Wildman–Crippen MR) is 59.6 cm³/mol. The van der Waals surface area contributed by atoms with Crippen LogP contribution in [0.3, 0.4) is 0 Å². The topological polar surface area (TPSA) is 96.2 Å². The van der Waals surface area contributed by atoms with Crippen LogP contribution in [0.1, 0.15) is 10.4 Å². The summed E-state index contributed by atoms with van der Waals surface area (Å²) in [7, 11) is 0. The van der Waals surface area contributed by atoms with Gasteiger partial charge in [0.2, 0.25) is 0 Å². The number of aliphatic hydroxyl groups excluding tert-OH is 3. The van der Waals surface area contributed by atoms with Crippen LogP contribution in [0.25, 0.3) is 0 Å². The molecule has 18 heavy (non-hydrogen) atoms. The molecule has 6 nitrogen and oxygen atoms in total. The Labute approximate surface area is 103 Å². The van der Waals surface area contributed by atoms with E-state index in [2.05, 4.69) is 0 Å². The van der Waals surface area contributed by atoms with Crippen molar-refractivity contribution in [2.75, 3.05) is 6.61 Å². The summed E-state index contributed by atoms with van der Waals surface area (Å²) in [5.74, 6) is -0.553. The number of hydrogen-bond donors (Lipinski definition) is 3. The third-order valence-electron chi connectivity index (χ3n) is 2.73. The maximum atomic E-state index is 11.6. The molecule has 2 rings (SSSR count). The average molecular weight is 254 g/mol. The maximum Gasteiger partial charge on any atom is 0.338 e. The minimum Gasteiger partial charge on any atom is -0.459 e. The molecule has 3 N–H and O–H groups in total. The van der Waals surface area contributed by atoms with E-state index < -0.39 is 30.6 Å². The van der Waals surface area contributed by atoms with Crippen LogP contribution >= 0.6 is 0 Å². The maximum absolute atomic E-state index is 11.6. The molecule has 0 aliphatic carbocycles. The normalized spacial score (nSPS) is 31.3. The fourth-order valence-corrected chi connectivity index (χ4v) is 1.68. The fourth-order valence-electron chi connectivity index (χ4n) is 1.68. The van der Waals surface area contributed by atoms with E-state index in [9.17, 15) is 15.0 Å². The number of rotatable bonds is 3. The van der Waals surface area contributed by atoms with E-state index in [-0.39, 0.29) is 6.61 Å². The summed E-state index contributed by atoms with van der Waals surface area (Å²) in [5, 5.41) is 27.9. The van der Waals surface area contributed by atoms with Gasteiger partial charge in [0.05, 0.1) is 5.56 Å². The molecule has 0 aromatic heterocycles. The molecule has 0 saturated carbocycles. The van der Waals surface area contributed by atoms with Gasteiger partial charge in [-0.1, -0.05) is 18.2 Å². The summed E-state index contributed by atoms with van der Waals surface area (Å²) < 4.78 is 9.78. The van der Waals surface area contributed by atoms with Crippen molar-refractivity contribution >= 4 is 5.97 Å². The molecule has 1 saturated heterocycles. The Morgan fingerprint density at radius 3 is 2.39 bits per heavy atom. The lowest BCUT2D eigenvalue weighted by Gasteiger charge is -2.14. The smallest absolute Gasteiger partial charge is 0.338 e. The first-order chi connectivity index (χ1) is 8.59. The summed E-state index contributed by atoms with van der Waals surface area (Å²) in [6, 6.07) is 8.36. The van der Waals surface area contributed by atoms with Crippen molar-refractivity contribution in [2.45, 2.75) is 24.6 Å². The highest BCUT2D eigenvalue weighted by Gasteiger charge is 2.42. The first kappa shape index (κ1) is 13.0. The second-order valence-corrected chi connectivity index (χ2v) is 4.01. The predicted octanol–water partition coefficient (Wildman–Crippen LogP) is -0.718. The molecule has 0 bridgehead atoms. The van der Waals surface area contributed by atoms with Gasteiger partial charge in [-0.25, -0.2) is 4.79 Å². The van der Waals surface area contributed by atoms with Gasteiger partial charge in [-0.2, -0.15) is 0 Å². The molecule has 0 unspecified atom stereocenters. The Kier molecular flexibility index (Phi) is 3.93. The Bertz CT molecular complexity index is 406. The summed E-state index contributed by atoms with van der Waals surface area (Å²) in [6.45, 7) is -0.233. The summed E-state index contributed by atoms with van der Waals surface area (Å²) in [5.41, 5.74) is 0.381. The van der Waals surface area contributed by atoms with Crippen molar-refractivity contribution < 1.29 is 29.6 Å². The average Bonchev–Trinajstić information content (AvgIpc) is 2.64. The lowest BCUT2D eigenvalue weighted by atomic mass is 10.1. The van der Waals surface area contributed by atoms with Crippen molar-refractivity contribution in [2.24, 2.45) is 0 Å². The second-order valence-electron chi connectivity index (χ2n) is 4.01. The molecule has 0 radical (unpaired) electrons. The standard InChI is InChI=1S/C12H14O6/c13-9-8(18-12(16)10(9)14)6-17-11(15)7-4-2-1-3-5-7/h1-5,8-10,12-14,16H,6H2/t8-,9-,10-,12-/m1/s1. The lowest BCUT2D eigenvalue weighted by Crippen LogP contribution is -2.34. The molecule has 4 atom stereocenters. The molecule has 0 spiro atoms. The molecule has 1 aromatic carbocycles. The van der Waals surface area contributed by atoms with Crippen LogP contribution in [0.2, 0.25) is 0 Å². The van der Waals surface area contributed by atoms with Crippen molar-refractivity contribution in [3.63, 3.8) is 0 Å². The lowest BCUT2D eigenvalue weighted by molar-refractivity contribution is -0.133. The Hall–Kier alpha value is -1.47. The van der Waals surface area contributed by atoms with Gasteiger partial charge < -0.3 is 24.8 Å². The van der Waals surface area contributed by atoms with E-state index >= 15 is 0 Å². The molecule has 1 aromatic rings. The van der Waals surface area contributed by atoms with Crippen LogP contribution in [0.4, 0.5) is 0 Å². The molecule has 6 heteroatoms. The van der Waals surface area contributed by atoms with Crippen LogP contribution in [0.5, 0.6) is 0 Å². The molecular weight excluding hydrogens is 240 g/mol. The molecule has 98 valence electrons. The zero-order valence-corrected chi connectivity index (χ0v) is 9.47. The molecule has 1 aliphatic heterocycles. The number of carbonyl (C=O) groups is 1. The van der Waals surface area contributed by atoms with Crippen LogP contribution < -0.4 is 0 Å². The third-order valence-corrected chi connectivity index (χ3v) is 2.73. The van der Waals surface area contributed by atoms with E-state index in [1.165, 1.54) is 0 Å². The molecular formula is C12H14O6. The quantitative estimate of drug-likeness (QED) is 0.616. The minimum absolute atomic E-state index is 0.233. The summed E-state index contributed by atoms with van der Waals surface area (Å²) >= 11 is 0. The first-order valence-electron chi connectivity index (χ1n) is 5.51. The highest BCUT2D eigenvalue weighted by Crippen LogP contribution is 2.20. The number of aliphatic hydroxyl groups is 3. The first-order valence-corrected chi connectivity index (χ1v) is 5.51. The van der Waals surface area contributed by atoms with Gasteiger partial charge >= 0.3 is 5.97 Å². The number of ether oxygens (including phenoxy) is 2. The number of carbonyl (C=O) groups excluding carboxylic acids is 1. The highest BCUT2D eigenvalue weighted by molar-refractivity contribution is 5.89. The van der Waals surface area contributed by atoms with E-state index in [0.717, 1.165) is 0 Å². The zero-order chi connectivity index (χ0) is 13.1. The van der Waals surface area contributed by atoms with Crippen LogP contribution in [0, 0.1) is 0 Å². The van der Waals surface area contributed by atoms with Crippen LogP contribution in [0.15, 0.2) is 30.3 Å². The third kappa shape index (κ3) is 2.68. The molecule has 1 fully saturated rings. The SMILES string of the molecule is O=C(OC[C@H]1O[C@@H](O)[C@H](O)[C@@H]1O)c1ccccc1. The number of hydrogen-bond acceptors (Lipinski definition) is 6. The minimum atomic E-state index is -1.46. The fraction of sp³-hybridized carbons (Fsp3) is 0.417. The highest BCUT2D eigenvalue weighted by atomic mass is 16.7. The summed E-state index contributed by atoms with van der Waals surface area (Å²) in [6.07, 6.45) is -5.04. The van der Waals surface area contributed by atoms with Crippen LogP contribution in [-0.4, -0.2) is 52.5 Å². The number of esters is 1. The number of benzene rings is 1. The summed E-state index contributed by atoms with van der Waals surface area (Å²) in [4.78, 5) is 11.6. The molecule has 1 heterocycles. The van der Waals surface area contributed by atoms with E-state index in [4.69, 9.17) is 14.6 Å². The van der Waals surface area contributed by atoms with E-state index in [1.807, 2.05) is 0 Å². The van der Waals surface area contributed by atoms with Crippen molar-refractivity contribution in [1.82, 2.24) is 0 Å². The molecule has 1 aliphatic rings. The Balaban J connectivity index is 1.88. The zero-order valence-electron chi connectivity index (χ0n) is 9.47. The van der Waals surface area contributed by atoms with Gasteiger partial charge in [-0.3, -0.25) is 0 Å². The largest absolute Gasteiger partial charge is 0.459 e. The van der Waals surface area contributed by atoms with Gasteiger partial charge in [0.15, 0.2) is 6.29 Å². The van der Waals surface area contributed by atoms with Gasteiger partial charge in [0.25, 0.3) is 0 Å². The Morgan fingerprint density at radius 1 is 1.17 bits per heavy atom. The van der Waals surface area contributed by atoms with Gasteiger partial charge in [-0.05, 0) is 12.1 Å². The van der Waals surface area contributed by atoms with E-state index in [0.29, 0.717) is 5.56 Å².